The topological polar surface area (TPSA) is 38.7 Å². The van der Waals surface area contributed by atoms with Gasteiger partial charge in [0.25, 0.3) is 0 Å². The Bertz CT molecular complexity index is 332. The SMILES string of the molecule is COc1cc(CC(C)O)c(C)c(OC)c1. The summed E-state index contributed by atoms with van der Waals surface area (Å²) in [4.78, 5) is 0. The summed E-state index contributed by atoms with van der Waals surface area (Å²) in [6.07, 6.45) is 0.250. The van der Waals surface area contributed by atoms with Gasteiger partial charge in [-0.15, -0.1) is 0 Å². The fraction of sp³-hybridized carbons (Fsp3) is 0.500. The summed E-state index contributed by atoms with van der Waals surface area (Å²) in [5.41, 5.74) is 2.11. The minimum atomic E-state index is -0.361. The van der Waals surface area contributed by atoms with E-state index in [-0.39, 0.29) is 6.10 Å². The number of aliphatic hydroxyl groups excluding tert-OH is 1. The van der Waals surface area contributed by atoms with Crippen LogP contribution in [-0.2, 0) is 6.42 Å². The third-order valence-electron chi connectivity index (χ3n) is 2.41. The average Bonchev–Trinajstić information content (AvgIpc) is 2.20. The molecule has 15 heavy (non-hydrogen) atoms. The van der Waals surface area contributed by atoms with Crippen molar-refractivity contribution in [3.63, 3.8) is 0 Å². The first-order valence-electron chi connectivity index (χ1n) is 4.98. The molecule has 3 heteroatoms. The van der Waals surface area contributed by atoms with Crippen molar-refractivity contribution in [2.24, 2.45) is 0 Å². The van der Waals surface area contributed by atoms with Crippen LogP contribution in [0.15, 0.2) is 12.1 Å². The van der Waals surface area contributed by atoms with Gasteiger partial charge in [-0.05, 0) is 37.5 Å². The molecule has 1 aromatic carbocycles. The molecule has 3 nitrogen and oxygen atoms in total. The van der Waals surface area contributed by atoms with E-state index in [0.717, 1.165) is 22.6 Å². The molecule has 1 atom stereocenters. The lowest BCUT2D eigenvalue weighted by Gasteiger charge is -2.14. The molecule has 0 heterocycles. The second-order valence-corrected chi connectivity index (χ2v) is 3.67. The maximum absolute atomic E-state index is 9.38. The Morgan fingerprint density at radius 2 is 1.93 bits per heavy atom. The van der Waals surface area contributed by atoms with E-state index in [1.165, 1.54) is 0 Å². The van der Waals surface area contributed by atoms with Gasteiger partial charge >= 0.3 is 0 Å². The molecule has 0 spiro atoms. The van der Waals surface area contributed by atoms with Crippen LogP contribution in [0.3, 0.4) is 0 Å². The molecule has 1 rings (SSSR count). The van der Waals surface area contributed by atoms with E-state index in [4.69, 9.17) is 9.47 Å². The van der Waals surface area contributed by atoms with Crippen molar-refractivity contribution in [3.05, 3.63) is 23.3 Å². The predicted molar refractivity (Wildman–Crippen MR) is 59.7 cm³/mol. The van der Waals surface area contributed by atoms with Gasteiger partial charge in [0.15, 0.2) is 0 Å². The molecule has 0 bridgehead atoms. The van der Waals surface area contributed by atoms with E-state index in [1.807, 2.05) is 19.1 Å². The molecule has 84 valence electrons. The normalized spacial score (nSPS) is 12.3. The third-order valence-corrected chi connectivity index (χ3v) is 2.41. The number of rotatable bonds is 4. The molecule has 0 aliphatic carbocycles. The summed E-state index contributed by atoms with van der Waals surface area (Å²) in [5.74, 6) is 1.55. The van der Waals surface area contributed by atoms with Crippen LogP contribution < -0.4 is 9.47 Å². The van der Waals surface area contributed by atoms with E-state index in [0.29, 0.717) is 6.42 Å². The molecule has 0 aliphatic heterocycles. The molecule has 1 N–H and O–H groups in total. The van der Waals surface area contributed by atoms with Crippen molar-refractivity contribution in [1.29, 1.82) is 0 Å². The molecule has 0 amide bonds. The monoisotopic (exact) mass is 210 g/mol. The summed E-state index contributed by atoms with van der Waals surface area (Å²) in [6, 6.07) is 3.78. The first-order chi connectivity index (χ1) is 7.08. The Hall–Kier alpha value is -1.22. The van der Waals surface area contributed by atoms with Gasteiger partial charge in [-0.1, -0.05) is 0 Å². The summed E-state index contributed by atoms with van der Waals surface area (Å²) < 4.78 is 10.4. The van der Waals surface area contributed by atoms with Gasteiger partial charge in [0.2, 0.25) is 0 Å². The van der Waals surface area contributed by atoms with Gasteiger partial charge in [0, 0.05) is 6.07 Å². The van der Waals surface area contributed by atoms with Crippen molar-refractivity contribution in [2.75, 3.05) is 14.2 Å². The number of benzene rings is 1. The van der Waals surface area contributed by atoms with Gasteiger partial charge in [0.1, 0.15) is 11.5 Å². The van der Waals surface area contributed by atoms with Gasteiger partial charge in [-0.25, -0.2) is 0 Å². The molecule has 0 saturated carbocycles. The van der Waals surface area contributed by atoms with Crippen LogP contribution in [0, 0.1) is 6.92 Å². The van der Waals surface area contributed by atoms with Gasteiger partial charge in [-0.2, -0.15) is 0 Å². The van der Waals surface area contributed by atoms with Gasteiger partial charge in [0.05, 0.1) is 20.3 Å². The van der Waals surface area contributed by atoms with Crippen LogP contribution in [0.4, 0.5) is 0 Å². The molecule has 0 aliphatic rings. The molecule has 0 fully saturated rings. The van der Waals surface area contributed by atoms with Crippen LogP contribution in [0.5, 0.6) is 11.5 Å². The molecule has 0 saturated heterocycles. The van der Waals surface area contributed by atoms with Crippen molar-refractivity contribution >= 4 is 0 Å². The van der Waals surface area contributed by atoms with E-state index >= 15 is 0 Å². The molecule has 1 aromatic rings. The number of methoxy groups -OCH3 is 2. The highest BCUT2D eigenvalue weighted by Crippen LogP contribution is 2.28. The molecule has 0 radical (unpaired) electrons. The Morgan fingerprint density at radius 1 is 1.27 bits per heavy atom. The average molecular weight is 210 g/mol. The van der Waals surface area contributed by atoms with Crippen molar-refractivity contribution < 1.29 is 14.6 Å². The van der Waals surface area contributed by atoms with E-state index in [2.05, 4.69) is 0 Å². The van der Waals surface area contributed by atoms with Gasteiger partial charge < -0.3 is 14.6 Å². The zero-order chi connectivity index (χ0) is 11.4. The maximum Gasteiger partial charge on any atom is 0.125 e. The minimum Gasteiger partial charge on any atom is -0.497 e. The number of ether oxygens (including phenoxy) is 2. The predicted octanol–water partition coefficient (Wildman–Crippen LogP) is 1.94. The summed E-state index contributed by atoms with van der Waals surface area (Å²) in [7, 11) is 3.25. The molecule has 1 unspecified atom stereocenters. The Morgan fingerprint density at radius 3 is 2.40 bits per heavy atom. The van der Waals surface area contributed by atoms with Crippen LogP contribution in [0.1, 0.15) is 18.1 Å². The van der Waals surface area contributed by atoms with E-state index < -0.39 is 0 Å². The van der Waals surface area contributed by atoms with Gasteiger partial charge in [-0.3, -0.25) is 0 Å². The van der Waals surface area contributed by atoms with Crippen molar-refractivity contribution in [3.8, 4) is 11.5 Å². The van der Waals surface area contributed by atoms with Crippen LogP contribution in [0.2, 0.25) is 0 Å². The molecule has 0 aromatic heterocycles. The first kappa shape index (κ1) is 11.9. The van der Waals surface area contributed by atoms with E-state index in [1.54, 1.807) is 21.1 Å². The molecular weight excluding hydrogens is 192 g/mol. The quantitative estimate of drug-likeness (QED) is 0.825. The zero-order valence-corrected chi connectivity index (χ0v) is 9.70. The van der Waals surface area contributed by atoms with Crippen molar-refractivity contribution in [1.82, 2.24) is 0 Å². The highest BCUT2D eigenvalue weighted by molar-refractivity contribution is 5.46. The first-order valence-corrected chi connectivity index (χ1v) is 4.98. The summed E-state index contributed by atoms with van der Waals surface area (Å²) in [5, 5.41) is 9.38. The lowest BCUT2D eigenvalue weighted by atomic mass is 10.0. The maximum atomic E-state index is 9.38. The largest absolute Gasteiger partial charge is 0.497 e. The van der Waals surface area contributed by atoms with Crippen LogP contribution >= 0.6 is 0 Å². The van der Waals surface area contributed by atoms with Crippen molar-refractivity contribution in [2.45, 2.75) is 26.4 Å². The lowest BCUT2D eigenvalue weighted by Crippen LogP contribution is -2.06. The molecular formula is C12H18O3. The highest BCUT2D eigenvalue weighted by Gasteiger charge is 2.10. The Kier molecular flexibility index (Phi) is 3.97. The van der Waals surface area contributed by atoms with E-state index in [9.17, 15) is 5.11 Å². The lowest BCUT2D eigenvalue weighted by molar-refractivity contribution is 0.195. The second-order valence-electron chi connectivity index (χ2n) is 3.67. The standard InChI is InChI=1S/C12H18O3/c1-8(13)5-10-6-11(14-3)7-12(15-4)9(10)2/h6-8,13H,5H2,1-4H3. The summed E-state index contributed by atoms with van der Waals surface area (Å²) in [6.45, 7) is 3.75. The number of hydrogen-bond acceptors (Lipinski definition) is 3. The minimum absolute atomic E-state index is 0.361. The fourth-order valence-electron chi connectivity index (χ4n) is 1.58. The highest BCUT2D eigenvalue weighted by atomic mass is 16.5. The second kappa shape index (κ2) is 5.03. The number of hydrogen-bond donors (Lipinski definition) is 1. The zero-order valence-electron chi connectivity index (χ0n) is 9.70. The summed E-state index contributed by atoms with van der Waals surface area (Å²) >= 11 is 0. The Labute approximate surface area is 90.6 Å². The smallest absolute Gasteiger partial charge is 0.125 e. The van der Waals surface area contributed by atoms with Crippen LogP contribution in [0.25, 0.3) is 0 Å². The Balaban J connectivity index is 3.12. The number of aliphatic hydroxyl groups is 1. The van der Waals surface area contributed by atoms with Crippen LogP contribution in [-0.4, -0.2) is 25.4 Å². The fourth-order valence-corrected chi connectivity index (χ4v) is 1.58. The third kappa shape index (κ3) is 2.86.